The highest BCUT2D eigenvalue weighted by Gasteiger charge is 2.16. The number of hydrogen-bond donors (Lipinski definition) is 0. The first kappa shape index (κ1) is 27.2. The number of hydrogen-bond acceptors (Lipinski definition) is 5. The summed E-state index contributed by atoms with van der Waals surface area (Å²) in [5, 5.41) is 11.5. The van der Waals surface area contributed by atoms with E-state index < -0.39 is 0 Å². The summed E-state index contributed by atoms with van der Waals surface area (Å²) in [5.41, 5.74) is 10.3. The molecule has 0 aliphatic carbocycles. The molecule has 0 unspecified atom stereocenters. The van der Waals surface area contributed by atoms with Gasteiger partial charge in [-0.05, 0) is 59.0 Å². The second kappa shape index (κ2) is 11.3. The highest BCUT2D eigenvalue weighted by atomic mass is 16.3. The summed E-state index contributed by atoms with van der Waals surface area (Å²) < 4.78 is 6.40. The van der Waals surface area contributed by atoms with Gasteiger partial charge in [-0.25, -0.2) is 15.0 Å². The van der Waals surface area contributed by atoms with Gasteiger partial charge in [0.2, 0.25) is 0 Å². The summed E-state index contributed by atoms with van der Waals surface area (Å²) >= 11 is 0. The van der Waals surface area contributed by atoms with E-state index in [1.807, 2.05) is 91.9 Å². The van der Waals surface area contributed by atoms with Crippen molar-refractivity contribution >= 4 is 21.9 Å². The van der Waals surface area contributed by atoms with Gasteiger partial charge >= 0.3 is 0 Å². The van der Waals surface area contributed by atoms with Gasteiger partial charge < -0.3 is 4.42 Å². The van der Waals surface area contributed by atoms with E-state index >= 15 is 0 Å². The minimum atomic E-state index is 0.571. The van der Waals surface area contributed by atoms with Gasteiger partial charge in [-0.15, -0.1) is 0 Å². The van der Waals surface area contributed by atoms with E-state index in [-0.39, 0.29) is 0 Å². The van der Waals surface area contributed by atoms with Crippen LogP contribution in [0.5, 0.6) is 0 Å². The van der Waals surface area contributed by atoms with Gasteiger partial charge in [-0.2, -0.15) is 5.26 Å². The lowest BCUT2D eigenvalue weighted by molar-refractivity contribution is 0.669. The average molecular weight is 591 g/mol. The first-order valence-electron chi connectivity index (χ1n) is 15.1. The first-order chi connectivity index (χ1) is 22.6. The van der Waals surface area contributed by atoms with Crippen LogP contribution in [0.1, 0.15) is 11.1 Å². The normalized spacial score (nSPS) is 11.1. The van der Waals surface area contributed by atoms with Crippen molar-refractivity contribution in [1.82, 2.24) is 15.0 Å². The van der Waals surface area contributed by atoms with Crippen LogP contribution in [0.4, 0.5) is 0 Å². The maximum Gasteiger partial charge on any atom is 0.164 e. The highest BCUT2D eigenvalue weighted by Crippen LogP contribution is 2.38. The molecular weight excluding hydrogens is 564 g/mol. The smallest absolute Gasteiger partial charge is 0.164 e. The van der Waals surface area contributed by atoms with Crippen molar-refractivity contribution < 1.29 is 4.42 Å². The Morgan fingerprint density at radius 1 is 0.500 bits per heavy atom. The molecule has 0 aliphatic heterocycles. The van der Waals surface area contributed by atoms with Crippen molar-refractivity contribution in [3.05, 3.63) is 151 Å². The fraction of sp³-hybridized carbons (Fsp3) is 0.0244. The molecule has 0 atom stereocenters. The summed E-state index contributed by atoms with van der Waals surface area (Å²) in [6.45, 7) is 1.96. The number of nitriles is 1. The molecule has 216 valence electrons. The van der Waals surface area contributed by atoms with Crippen LogP contribution in [0.3, 0.4) is 0 Å². The molecule has 0 spiro atoms. The molecule has 0 saturated heterocycles. The summed E-state index contributed by atoms with van der Waals surface area (Å²) in [4.78, 5) is 14.8. The van der Waals surface area contributed by atoms with Crippen LogP contribution in [0.15, 0.2) is 144 Å². The predicted octanol–water partition coefficient (Wildman–Crippen LogP) is 10.3. The Bertz CT molecular complexity index is 2420. The van der Waals surface area contributed by atoms with Crippen molar-refractivity contribution in [2.45, 2.75) is 6.92 Å². The van der Waals surface area contributed by atoms with Gasteiger partial charge in [0.05, 0.1) is 11.6 Å². The zero-order chi connectivity index (χ0) is 31.0. The van der Waals surface area contributed by atoms with Gasteiger partial charge in [0.25, 0.3) is 0 Å². The van der Waals surface area contributed by atoms with Crippen molar-refractivity contribution in [1.29, 1.82) is 5.26 Å². The Hall–Kier alpha value is -6.38. The topological polar surface area (TPSA) is 75.6 Å². The van der Waals surface area contributed by atoms with E-state index in [9.17, 15) is 5.26 Å². The third kappa shape index (κ3) is 4.89. The molecule has 2 aromatic heterocycles. The Morgan fingerprint density at radius 2 is 1.09 bits per heavy atom. The van der Waals surface area contributed by atoms with E-state index in [0.29, 0.717) is 23.0 Å². The van der Waals surface area contributed by atoms with Gasteiger partial charge in [-0.1, -0.05) is 115 Å². The van der Waals surface area contributed by atoms with E-state index in [4.69, 9.17) is 19.4 Å². The van der Waals surface area contributed by atoms with Crippen LogP contribution < -0.4 is 0 Å². The van der Waals surface area contributed by atoms with E-state index in [1.54, 1.807) is 0 Å². The lowest BCUT2D eigenvalue weighted by Gasteiger charge is -2.09. The average Bonchev–Trinajstić information content (AvgIpc) is 3.50. The van der Waals surface area contributed by atoms with Crippen molar-refractivity contribution in [3.8, 4) is 62.5 Å². The first-order valence-corrected chi connectivity index (χ1v) is 15.1. The molecule has 5 heteroatoms. The minimum Gasteiger partial charge on any atom is -0.456 e. The molecular formula is C41H26N4O. The van der Waals surface area contributed by atoms with Crippen LogP contribution in [-0.2, 0) is 0 Å². The van der Waals surface area contributed by atoms with Crippen LogP contribution >= 0.6 is 0 Å². The third-order valence-corrected chi connectivity index (χ3v) is 8.33. The zero-order valence-electron chi connectivity index (χ0n) is 25.0. The number of benzene rings is 6. The molecule has 2 heterocycles. The van der Waals surface area contributed by atoms with Crippen LogP contribution in [0.2, 0.25) is 0 Å². The molecule has 0 fully saturated rings. The quantitative estimate of drug-likeness (QED) is 0.199. The minimum absolute atomic E-state index is 0.571. The number of aromatic nitrogens is 3. The fourth-order valence-electron chi connectivity index (χ4n) is 5.95. The molecule has 0 radical (unpaired) electrons. The van der Waals surface area contributed by atoms with E-state index in [2.05, 4.69) is 60.7 Å². The number of furan rings is 1. The molecule has 6 aromatic carbocycles. The lowest BCUT2D eigenvalue weighted by Crippen LogP contribution is -2.00. The molecule has 8 aromatic rings. The third-order valence-electron chi connectivity index (χ3n) is 8.33. The zero-order valence-corrected chi connectivity index (χ0v) is 25.0. The molecule has 5 nitrogen and oxygen atoms in total. The molecule has 46 heavy (non-hydrogen) atoms. The van der Waals surface area contributed by atoms with Crippen molar-refractivity contribution in [2.24, 2.45) is 0 Å². The maximum absolute atomic E-state index is 9.32. The van der Waals surface area contributed by atoms with Gasteiger partial charge in [0.15, 0.2) is 17.5 Å². The van der Waals surface area contributed by atoms with Gasteiger partial charge in [0.1, 0.15) is 11.2 Å². The predicted molar refractivity (Wildman–Crippen MR) is 184 cm³/mol. The standard InChI is InChI=1S/C41H26N4O/c1-26-23-31(19-20-33(26)25-42)27-15-17-30(18-16-27)40-43-39(29-11-6-3-7-12-29)44-41(45-40)32-21-22-35-37(24-32)46-36-14-8-13-34(38(35)36)28-9-4-2-5-10-28/h2-24H,1H3. The molecule has 0 bridgehead atoms. The number of aryl methyl sites for hydroxylation is 1. The summed E-state index contributed by atoms with van der Waals surface area (Å²) in [6.07, 6.45) is 0. The summed E-state index contributed by atoms with van der Waals surface area (Å²) in [7, 11) is 0. The fourth-order valence-corrected chi connectivity index (χ4v) is 5.95. The summed E-state index contributed by atoms with van der Waals surface area (Å²) in [6, 6.07) is 49.0. The second-order valence-corrected chi connectivity index (χ2v) is 11.2. The summed E-state index contributed by atoms with van der Waals surface area (Å²) in [5.74, 6) is 1.76. The maximum atomic E-state index is 9.32. The number of rotatable bonds is 5. The molecule has 0 N–H and O–H groups in total. The molecule has 0 aliphatic rings. The molecule has 0 saturated carbocycles. The van der Waals surface area contributed by atoms with Crippen LogP contribution in [-0.4, -0.2) is 15.0 Å². The second-order valence-electron chi connectivity index (χ2n) is 11.2. The van der Waals surface area contributed by atoms with E-state index in [1.165, 1.54) is 0 Å². The Morgan fingerprint density at radius 3 is 1.76 bits per heavy atom. The number of nitrogens with zero attached hydrogens (tertiary/aromatic N) is 4. The number of fused-ring (bicyclic) bond motifs is 3. The Kier molecular flexibility index (Phi) is 6.67. The highest BCUT2D eigenvalue weighted by molar-refractivity contribution is 6.12. The largest absolute Gasteiger partial charge is 0.456 e. The SMILES string of the molecule is Cc1cc(-c2ccc(-c3nc(-c4ccccc4)nc(-c4ccc5c(c4)oc4cccc(-c6ccccc6)c45)n3)cc2)ccc1C#N. The van der Waals surface area contributed by atoms with Gasteiger partial charge in [0, 0.05) is 27.5 Å². The van der Waals surface area contributed by atoms with E-state index in [0.717, 1.165) is 66.4 Å². The lowest BCUT2D eigenvalue weighted by atomic mass is 9.99. The van der Waals surface area contributed by atoms with Crippen LogP contribution in [0, 0.1) is 18.3 Å². The molecule has 8 rings (SSSR count). The van der Waals surface area contributed by atoms with Crippen LogP contribution in [0.25, 0.3) is 78.4 Å². The van der Waals surface area contributed by atoms with Crippen molar-refractivity contribution in [3.63, 3.8) is 0 Å². The van der Waals surface area contributed by atoms with Crippen molar-refractivity contribution in [2.75, 3.05) is 0 Å². The van der Waals surface area contributed by atoms with Gasteiger partial charge in [-0.3, -0.25) is 0 Å². The monoisotopic (exact) mass is 590 g/mol. The Balaban J connectivity index is 1.23. The Labute approximate surface area is 266 Å². The molecule has 0 amide bonds.